The highest BCUT2D eigenvalue weighted by Gasteiger charge is 2.29. The van der Waals surface area contributed by atoms with Crippen molar-refractivity contribution in [2.45, 2.75) is 6.92 Å². The van der Waals surface area contributed by atoms with E-state index in [9.17, 15) is 9.59 Å². The van der Waals surface area contributed by atoms with Crippen LogP contribution in [-0.4, -0.2) is 11.8 Å². The highest BCUT2D eigenvalue weighted by molar-refractivity contribution is 6.43. The lowest BCUT2D eigenvalue weighted by atomic mass is 10.0. The van der Waals surface area contributed by atoms with Gasteiger partial charge < -0.3 is 9.15 Å². The van der Waals surface area contributed by atoms with Crippen molar-refractivity contribution in [3.63, 3.8) is 0 Å². The second-order valence-electron chi connectivity index (χ2n) is 5.40. The number of aryl methyl sites for hydroxylation is 1. The van der Waals surface area contributed by atoms with Crippen LogP contribution in [0.3, 0.4) is 0 Å². The SMILES string of the molecule is Cc1c(C2=CC(=O)C(=O)O2)oc2ccc(-c3ccccc3)cc12. The van der Waals surface area contributed by atoms with Gasteiger partial charge in [0.25, 0.3) is 5.78 Å². The molecule has 0 N–H and O–H groups in total. The second kappa shape index (κ2) is 4.95. The van der Waals surface area contributed by atoms with Crippen LogP contribution in [0.15, 0.2) is 59.0 Å². The minimum atomic E-state index is -0.871. The van der Waals surface area contributed by atoms with Gasteiger partial charge in [0.05, 0.1) is 0 Å². The Hall–Kier alpha value is -3.14. The van der Waals surface area contributed by atoms with E-state index in [4.69, 9.17) is 9.15 Å². The first kappa shape index (κ1) is 13.5. The number of carbonyl (C=O) groups excluding carboxylic acids is 2. The monoisotopic (exact) mass is 304 g/mol. The third-order valence-corrected chi connectivity index (χ3v) is 3.93. The molecule has 0 saturated carbocycles. The zero-order valence-corrected chi connectivity index (χ0v) is 12.3. The molecule has 1 aliphatic rings. The van der Waals surface area contributed by atoms with Gasteiger partial charge in [0.1, 0.15) is 5.58 Å². The largest absolute Gasteiger partial charge is 0.452 e. The Morgan fingerprint density at radius 3 is 2.39 bits per heavy atom. The number of hydrogen-bond acceptors (Lipinski definition) is 4. The number of benzene rings is 2. The molecule has 0 atom stereocenters. The first-order valence-electron chi connectivity index (χ1n) is 7.20. The molecular weight excluding hydrogens is 292 g/mol. The van der Waals surface area contributed by atoms with Gasteiger partial charge in [-0.25, -0.2) is 4.79 Å². The first-order valence-corrected chi connectivity index (χ1v) is 7.20. The van der Waals surface area contributed by atoms with Crippen LogP contribution in [0.4, 0.5) is 0 Å². The van der Waals surface area contributed by atoms with Crippen LogP contribution in [0.5, 0.6) is 0 Å². The van der Waals surface area contributed by atoms with Crippen LogP contribution < -0.4 is 0 Å². The molecule has 0 bridgehead atoms. The lowest BCUT2D eigenvalue weighted by Gasteiger charge is -2.01. The smallest absolute Gasteiger partial charge is 0.384 e. The molecule has 4 nitrogen and oxygen atoms in total. The number of furan rings is 1. The number of cyclic esters (lactones) is 1. The average molecular weight is 304 g/mol. The summed E-state index contributed by atoms with van der Waals surface area (Å²) in [4.78, 5) is 22.6. The Bertz CT molecular complexity index is 977. The molecule has 0 fully saturated rings. The fourth-order valence-electron chi connectivity index (χ4n) is 2.74. The molecule has 0 spiro atoms. The van der Waals surface area contributed by atoms with E-state index >= 15 is 0 Å². The van der Waals surface area contributed by atoms with Gasteiger partial charge in [0, 0.05) is 17.0 Å². The van der Waals surface area contributed by atoms with Gasteiger partial charge in [-0.15, -0.1) is 0 Å². The van der Waals surface area contributed by atoms with E-state index < -0.39 is 11.8 Å². The van der Waals surface area contributed by atoms with Crippen molar-refractivity contribution < 1.29 is 18.7 Å². The molecule has 2 heterocycles. The lowest BCUT2D eigenvalue weighted by molar-refractivity contribution is -0.144. The fourth-order valence-corrected chi connectivity index (χ4v) is 2.74. The Morgan fingerprint density at radius 1 is 0.913 bits per heavy atom. The molecule has 3 aromatic rings. The molecule has 4 rings (SSSR count). The summed E-state index contributed by atoms with van der Waals surface area (Å²) >= 11 is 0. The van der Waals surface area contributed by atoms with Crippen molar-refractivity contribution in [1.82, 2.24) is 0 Å². The van der Waals surface area contributed by atoms with Crippen LogP contribution in [0.2, 0.25) is 0 Å². The average Bonchev–Trinajstić information content (AvgIpc) is 3.08. The molecule has 2 aromatic carbocycles. The molecule has 1 aliphatic heterocycles. The molecule has 112 valence electrons. The van der Waals surface area contributed by atoms with E-state index in [1.165, 1.54) is 6.08 Å². The summed E-state index contributed by atoms with van der Waals surface area (Å²) in [5.41, 5.74) is 3.71. The van der Waals surface area contributed by atoms with Crippen LogP contribution in [0.25, 0.3) is 27.9 Å². The number of ether oxygens (including phenoxy) is 1. The van der Waals surface area contributed by atoms with Crippen LogP contribution >= 0.6 is 0 Å². The lowest BCUT2D eigenvalue weighted by Crippen LogP contribution is -2.05. The fraction of sp³-hybridized carbons (Fsp3) is 0.0526. The topological polar surface area (TPSA) is 56.5 Å². The molecule has 23 heavy (non-hydrogen) atoms. The van der Waals surface area contributed by atoms with E-state index in [2.05, 4.69) is 0 Å². The highest BCUT2D eigenvalue weighted by atomic mass is 16.6. The van der Waals surface area contributed by atoms with Crippen molar-refractivity contribution in [1.29, 1.82) is 0 Å². The molecule has 0 radical (unpaired) electrons. The van der Waals surface area contributed by atoms with Gasteiger partial charge >= 0.3 is 5.97 Å². The standard InChI is InChI=1S/C19H12O4/c1-11-14-9-13(12-5-3-2-4-6-12)7-8-16(14)22-18(11)17-10-15(20)19(21)23-17/h2-10H,1H3. The highest BCUT2D eigenvalue weighted by Crippen LogP contribution is 2.34. The number of carbonyl (C=O) groups is 2. The summed E-state index contributed by atoms with van der Waals surface area (Å²) in [6, 6.07) is 15.9. The number of fused-ring (bicyclic) bond motifs is 1. The molecule has 1 aromatic heterocycles. The van der Waals surface area contributed by atoms with Gasteiger partial charge in [-0.2, -0.15) is 0 Å². The minimum Gasteiger partial charge on any atom is -0.452 e. The predicted octanol–water partition coefficient (Wildman–Crippen LogP) is 3.88. The summed E-state index contributed by atoms with van der Waals surface area (Å²) in [6.45, 7) is 1.88. The summed E-state index contributed by atoms with van der Waals surface area (Å²) < 4.78 is 10.7. The van der Waals surface area contributed by atoms with E-state index in [1.54, 1.807) is 0 Å². The Kier molecular flexibility index (Phi) is 2.91. The van der Waals surface area contributed by atoms with E-state index in [1.807, 2.05) is 55.5 Å². The quantitative estimate of drug-likeness (QED) is 0.532. The summed E-state index contributed by atoms with van der Waals surface area (Å²) in [5, 5.41) is 0.928. The van der Waals surface area contributed by atoms with Gasteiger partial charge in [-0.3, -0.25) is 4.79 Å². The summed E-state index contributed by atoms with van der Waals surface area (Å²) in [5.74, 6) is -0.936. The molecule has 0 aliphatic carbocycles. The van der Waals surface area contributed by atoms with Crippen LogP contribution in [-0.2, 0) is 14.3 Å². The summed E-state index contributed by atoms with van der Waals surface area (Å²) in [7, 11) is 0. The third-order valence-electron chi connectivity index (χ3n) is 3.93. The molecular formula is C19H12O4. The zero-order chi connectivity index (χ0) is 16.0. The maximum absolute atomic E-state index is 11.3. The number of rotatable bonds is 2. The Morgan fingerprint density at radius 2 is 1.70 bits per heavy atom. The Labute approximate surface area is 132 Å². The molecule has 0 saturated heterocycles. The number of ketones is 1. The molecule has 4 heteroatoms. The van der Waals surface area contributed by atoms with Crippen molar-refractivity contribution in [2.75, 3.05) is 0 Å². The van der Waals surface area contributed by atoms with Crippen LogP contribution in [0, 0.1) is 6.92 Å². The maximum atomic E-state index is 11.3. The van der Waals surface area contributed by atoms with Gasteiger partial charge in [0.15, 0.2) is 11.5 Å². The van der Waals surface area contributed by atoms with E-state index in [0.717, 1.165) is 22.1 Å². The number of esters is 1. The zero-order valence-electron chi connectivity index (χ0n) is 12.3. The van der Waals surface area contributed by atoms with Crippen molar-refractivity contribution in [3.05, 3.63) is 65.9 Å². The number of hydrogen-bond donors (Lipinski definition) is 0. The summed E-state index contributed by atoms with van der Waals surface area (Å²) in [6.07, 6.45) is 1.17. The predicted molar refractivity (Wildman–Crippen MR) is 85.5 cm³/mol. The molecule has 0 unspecified atom stereocenters. The van der Waals surface area contributed by atoms with Gasteiger partial charge in [-0.05, 0) is 30.2 Å². The first-order chi connectivity index (χ1) is 11.1. The third kappa shape index (κ3) is 2.16. The van der Waals surface area contributed by atoms with Crippen molar-refractivity contribution >= 4 is 28.5 Å². The van der Waals surface area contributed by atoms with Crippen molar-refractivity contribution in [2.24, 2.45) is 0 Å². The van der Waals surface area contributed by atoms with Gasteiger partial charge in [-0.1, -0.05) is 36.4 Å². The maximum Gasteiger partial charge on any atom is 0.384 e. The normalized spacial score (nSPS) is 14.2. The van der Waals surface area contributed by atoms with Crippen LogP contribution in [0.1, 0.15) is 11.3 Å². The van der Waals surface area contributed by atoms with E-state index in [-0.39, 0.29) is 5.76 Å². The minimum absolute atomic E-state index is 0.176. The van der Waals surface area contributed by atoms with E-state index in [0.29, 0.717) is 11.3 Å². The second-order valence-corrected chi connectivity index (χ2v) is 5.40. The molecule has 0 amide bonds. The van der Waals surface area contributed by atoms with Gasteiger partial charge in [0.2, 0.25) is 0 Å². The van der Waals surface area contributed by atoms with Crippen molar-refractivity contribution in [3.8, 4) is 11.1 Å². The Balaban J connectivity index is 1.85.